The van der Waals surface area contributed by atoms with E-state index in [0.29, 0.717) is 12.1 Å². The Labute approximate surface area is 132 Å². The Kier molecular flexibility index (Phi) is 6.67. The monoisotopic (exact) mass is 312 g/mol. The second-order valence-electron chi connectivity index (χ2n) is 6.14. The second kappa shape index (κ2) is 8.51. The molecule has 5 nitrogen and oxygen atoms in total. The van der Waals surface area contributed by atoms with E-state index in [4.69, 9.17) is 0 Å². The molecule has 1 heterocycles. The average Bonchev–Trinajstić information content (AvgIpc) is 2.98. The highest BCUT2D eigenvalue weighted by atomic mass is 32.2. The van der Waals surface area contributed by atoms with E-state index in [9.17, 15) is 4.79 Å². The first-order chi connectivity index (χ1) is 10.1. The largest absolute Gasteiger partial charge is 0.354 e. The van der Waals surface area contributed by atoms with Gasteiger partial charge in [0.2, 0.25) is 5.91 Å². The molecule has 1 amide bonds. The predicted molar refractivity (Wildman–Crippen MR) is 89.9 cm³/mol. The molecule has 0 bridgehead atoms. The van der Waals surface area contributed by atoms with Gasteiger partial charge < -0.3 is 15.5 Å². The number of nitrogens with one attached hydrogen (secondary N) is 2. The Hall–Kier alpha value is -0.910. The minimum Gasteiger partial charge on any atom is -0.354 e. The molecular formula is C15H28N4OS. The van der Waals surface area contributed by atoms with Crippen LogP contribution in [0.25, 0.3) is 0 Å². The Morgan fingerprint density at radius 1 is 1.14 bits per heavy atom. The lowest BCUT2D eigenvalue weighted by atomic mass is 10.2. The van der Waals surface area contributed by atoms with E-state index in [1.165, 1.54) is 44.3 Å². The predicted octanol–water partition coefficient (Wildman–Crippen LogP) is 1.45. The molecule has 21 heavy (non-hydrogen) atoms. The number of carbonyl (C=O) groups is 1. The summed E-state index contributed by atoms with van der Waals surface area (Å²) < 4.78 is 0. The van der Waals surface area contributed by atoms with E-state index in [1.807, 2.05) is 11.8 Å². The summed E-state index contributed by atoms with van der Waals surface area (Å²) in [7, 11) is 3.54. The van der Waals surface area contributed by atoms with Crippen molar-refractivity contribution in [1.82, 2.24) is 15.5 Å². The third-order valence-corrected chi connectivity index (χ3v) is 5.28. The maximum Gasteiger partial charge on any atom is 0.243 e. The van der Waals surface area contributed by atoms with Crippen LogP contribution in [-0.4, -0.2) is 61.0 Å². The number of amides is 1. The highest BCUT2D eigenvalue weighted by Gasteiger charge is 2.19. The quantitative estimate of drug-likeness (QED) is 0.609. The van der Waals surface area contributed by atoms with Gasteiger partial charge in [0.15, 0.2) is 5.96 Å². The maximum atomic E-state index is 11.7. The highest BCUT2D eigenvalue weighted by molar-refractivity contribution is 7.99. The summed E-state index contributed by atoms with van der Waals surface area (Å²) in [4.78, 5) is 17.8. The zero-order valence-electron chi connectivity index (χ0n) is 13.2. The Bertz CT molecular complexity index is 361. The van der Waals surface area contributed by atoms with Gasteiger partial charge in [-0.3, -0.25) is 4.79 Å². The molecule has 1 atom stereocenters. The Morgan fingerprint density at radius 3 is 2.43 bits per heavy atom. The van der Waals surface area contributed by atoms with Gasteiger partial charge in [-0.2, -0.15) is 11.8 Å². The van der Waals surface area contributed by atoms with Crippen LogP contribution in [0.4, 0.5) is 0 Å². The Balaban J connectivity index is 1.91. The smallest absolute Gasteiger partial charge is 0.243 e. The maximum absolute atomic E-state index is 11.7. The van der Waals surface area contributed by atoms with Crippen LogP contribution in [0.2, 0.25) is 0 Å². The van der Waals surface area contributed by atoms with Crippen LogP contribution >= 0.6 is 11.8 Å². The topological polar surface area (TPSA) is 56.7 Å². The van der Waals surface area contributed by atoms with Gasteiger partial charge in [-0.1, -0.05) is 12.8 Å². The number of thioether (sulfide) groups is 1. The van der Waals surface area contributed by atoms with Crippen LogP contribution in [0.3, 0.4) is 0 Å². The fourth-order valence-corrected chi connectivity index (χ4v) is 3.80. The minimum atomic E-state index is 0.0422. The lowest BCUT2D eigenvalue weighted by Crippen LogP contribution is -2.48. The van der Waals surface area contributed by atoms with Gasteiger partial charge >= 0.3 is 0 Å². The van der Waals surface area contributed by atoms with Crippen molar-refractivity contribution in [2.75, 3.05) is 32.1 Å². The van der Waals surface area contributed by atoms with E-state index >= 15 is 0 Å². The molecule has 0 aromatic heterocycles. The number of hydrogen-bond acceptors (Lipinski definition) is 3. The summed E-state index contributed by atoms with van der Waals surface area (Å²) in [5.74, 6) is 3.26. The number of aliphatic imine (C=N–C) groups is 1. The van der Waals surface area contributed by atoms with Crippen molar-refractivity contribution in [3.8, 4) is 0 Å². The van der Waals surface area contributed by atoms with Crippen LogP contribution in [-0.2, 0) is 4.79 Å². The molecule has 0 spiro atoms. The van der Waals surface area contributed by atoms with E-state index in [1.54, 1.807) is 19.0 Å². The van der Waals surface area contributed by atoms with Gasteiger partial charge in [0.05, 0.1) is 0 Å². The first kappa shape index (κ1) is 16.5. The third kappa shape index (κ3) is 5.77. The third-order valence-electron chi connectivity index (χ3n) is 4.07. The standard InChI is InChI=1S/C15H28N4OS/c1-19(2)14(20)10-16-15(17-12-6-3-4-7-12)18-13-8-5-9-21-11-13/h12-13H,3-11H2,1-2H3,(H2,16,17,18)/t13-/m1/s1. The van der Waals surface area contributed by atoms with E-state index in [2.05, 4.69) is 15.6 Å². The number of carbonyl (C=O) groups excluding carboxylic acids is 1. The molecule has 1 saturated heterocycles. The molecule has 2 fully saturated rings. The molecule has 2 N–H and O–H groups in total. The molecule has 0 radical (unpaired) electrons. The van der Waals surface area contributed by atoms with Crippen molar-refractivity contribution >= 4 is 23.6 Å². The summed E-state index contributed by atoms with van der Waals surface area (Å²) >= 11 is 2.00. The van der Waals surface area contributed by atoms with Gasteiger partial charge in [-0.15, -0.1) is 0 Å². The fourth-order valence-electron chi connectivity index (χ4n) is 2.73. The SMILES string of the molecule is CN(C)C(=O)CN=C(NC1CCCC1)N[C@@H]1CCCSC1. The van der Waals surface area contributed by atoms with Crippen LogP contribution in [0.1, 0.15) is 38.5 Å². The number of likely N-dealkylation sites (N-methyl/N-ethyl adjacent to an activating group) is 1. The van der Waals surface area contributed by atoms with E-state index in [0.717, 1.165) is 11.7 Å². The summed E-state index contributed by atoms with van der Waals surface area (Å²) in [6, 6.07) is 0.993. The van der Waals surface area contributed by atoms with Gasteiger partial charge in [-0.25, -0.2) is 4.99 Å². The van der Waals surface area contributed by atoms with Gasteiger partial charge in [0.25, 0.3) is 0 Å². The zero-order valence-corrected chi connectivity index (χ0v) is 14.0. The summed E-state index contributed by atoms with van der Waals surface area (Å²) in [6.45, 7) is 0.217. The summed E-state index contributed by atoms with van der Waals surface area (Å²) in [5, 5.41) is 7.04. The van der Waals surface area contributed by atoms with Crippen LogP contribution in [0, 0.1) is 0 Å². The fraction of sp³-hybridized carbons (Fsp3) is 0.867. The normalized spacial score (nSPS) is 23.9. The van der Waals surface area contributed by atoms with Crippen molar-refractivity contribution in [3.63, 3.8) is 0 Å². The summed E-state index contributed by atoms with van der Waals surface area (Å²) in [5.41, 5.74) is 0. The molecule has 2 rings (SSSR count). The first-order valence-electron chi connectivity index (χ1n) is 8.00. The van der Waals surface area contributed by atoms with Gasteiger partial charge in [0, 0.05) is 31.9 Å². The first-order valence-corrected chi connectivity index (χ1v) is 9.16. The molecular weight excluding hydrogens is 284 g/mol. The lowest BCUT2D eigenvalue weighted by molar-refractivity contribution is -0.127. The van der Waals surface area contributed by atoms with Crippen molar-refractivity contribution in [2.24, 2.45) is 4.99 Å². The van der Waals surface area contributed by atoms with Crippen LogP contribution in [0.15, 0.2) is 4.99 Å². The lowest BCUT2D eigenvalue weighted by Gasteiger charge is -2.26. The van der Waals surface area contributed by atoms with Crippen molar-refractivity contribution in [3.05, 3.63) is 0 Å². The summed E-state index contributed by atoms with van der Waals surface area (Å²) in [6.07, 6.45) is 7.46. The van der Waals surface area contributed by atoms with Crippen molar-refractivity contribution in [1.29, 1.82) is 0 Å². The molecule has 1 aliphatic carbocycles. The number of hydrogen-bond donors (Lipinski definition) is 2. The number of rotatable bonds is 4. The molecule has 2 aliphatic rings. The Morgan fingerprint density at radius 2 is 1.81 bits per heavy atom. The van der Waals surface area contributed by atoms with E-state index < -0.39 is 0 Å². The van der Waals surface area contributed by atoms with Crippen LogP contribution < -0.4 is 10.6 Å². The number of guanidine groups is 1. The van der Waals surface area contributed by atoms with Gasteiger partial charge in [-0.05, 0) is 31.4 Å². The second-order valence-corrected chi connectivity index (χ2v) is 7.29. The molecule has 1 aliphatic heterocycles. The molecule has 0 aromatic rings. The molecule has 6 heteroatoms. The van der Waals surface area contributed by atoms with Crippen LogP contribution in [0.5, 0.6) is 0 Å². The van der Waals surface area contributed by atoms with E-state index in [-0.39, 0.29) is 12.5 Å². The molecule has 0 unspecified atom stereocenters. The minimum absolute atomic E-state index is 0.0422. The molecule has 120 valence electrons. The average molecular weight is 312 g/mol. The number of nitrogens with zero attached hydrogens (tertiary/aromatic N) is 2. The highest BCUT2D eigenvalue weighted by Crippen LogP contribution is 2.19. The molecule has 0 aromatic carbocycles. The van der Waals surface area contributed by atoms with Gasteiger partial charge in [0.1, 0.15) is 6.54 Å². The zero-order chi connectivity index (χ0) is 15.1. The molecule has 1 saturated carbocycles. The van der Waals surface area contributed by atoms with Crippen molar-refractivity contribution < 1.29 is 4.79 Å². The van der Waals surface area contributed by atoms with Crippen molar-refractivity contribution in [2.45, 2.75) is 50.6 Å².